The van der Waals surface area contributed by atoms with Crippen LogP contribution < -0.4 is 23.8 Å². The standard InChI is InChI=1S/C26H24N2O7/c1-32-18-9-7-8-17(14-18)27(15-28-25(30)19-10-5-6-11-20(19)26(28)31)24(29)16-12-21(33-2)23(35-4)22(13-16)34-3/h5-14H,15H2,1-4H3. The summed E-state index contributed by atoms with van der Waals surface area (Å²) in [7, 11) is 5.87. The molecule has 3 aromatic rings. The van der Waals surface area contributed by atoms with E-state index < -0.39 is 17.7 Å². The molecule has 4 rings (SSSR count). The molecule has 0 aromatic heterocycles. The van der Waals surface area contributed by atoms with E-state index >= 15 is 0 Å². The average molecular weight is 476 g/mol. The molecule has 0 aliphatic carbocycles. The molecule has 0 saturated heterocycles. The monoisotopic (exact) mass is 476 g/mol. The molecule has 0 fully saturated rings. The second kappa shape index (κ2) is 9.76. The Bertz CT molecular complexity index is 1240. The van der Waals surface area contributed by atoms with Gasteiger partial charge in [0.05, 0.1) is 39.6 Å². The minimum absolute atomic E-state index is 0.207. The summed E-state index contributed by atoms with van der Waals surface area (Å²) in [6.45, 7) is -0.311. The van der Waals surface area contributed by atoms with Crippen LogP contribution in [-0.2, 0) is 0 Å². The number of imide groups is 1. The van der Waals surface area contributed by atoms with Crippen molar-refractivity contribution < 1.29 is 33.3 Å². The molecule has 1 heterocycles. The van der Waals surface area contributed by atoms with Crippen LogP contribution in [0.5, 0.6) is 23.0 Å². The van der Waals surface area contributed by atoms with Crippen LogP contribution >= 0.6 is 0 Å². The fourth-order valence-corrected chi connectivity index (χ4v) is 3.91. The summed E-state index contributed by atoms with van der Waals surface area (Å²) < 4.78 is 21.4. The predicted molar refractivity (Wildman–Crippen MR) is 128 cm³/mol. The molecule has 0 spiro atoms. The molecule has 0 atom stereocenters. The third kappa shape index (κ3) is 4.23. The van der Waals surface area contributed by atoms with Gasteiger partial charge in [-0.05, 0) is 36.4 Å². The Morgan fingerprint density at radius 3 is 1.89 bits per heavy atom. The lowest BCUT2D eigenvalue weighted by Crippen LogP contribution is -2.44. The second-order valence-corrected chi connectivity index (χ2v) is 7.57. The molecule has 0 bridgehead atoms. The Hall–Kier alpha value is -4.53. The number of fused-ring (bicyclic) bond motifs is 1. The summed E-state index contributed by atoms with van der Waals surface area (Å²) >= 11 is 0. The van der Waals surface area contributed by atoms with Gasteiger partial charge in [-0.15, -0.1) is 0 Å². The Kier molecular flexibility index (Phi) is 6.59. The Morgan fingerprint density at radius 1 is 0.771 bits per heavy atom. The number of ether oxygens (including phenoxy) is 4. The zero-order chi connectivity index (χ0) is 25.1. The average Bonchev–Trinajstić information content (AvgIpc) is 3.14. The lowest BCUT2D eigenvalue weighted by Gasteiger charge is -2.28. The fourth-order valence-electron chi connectivity index (χ4n) is 3.91. The summed E-state index contributed by atoms with van der Waals surface area (Å²) in [5, 5.41) is 0. The Morgan fingerprint density at radius 2 is 1.37 bits per heavy atom. The van der Waals surface area contributed by atoms with Gasteiger partial charge in [0, 0.05) is 17.3 Å². The number of hydrogen-bond acceptors (Lipinski definition) is 7. The van der Waals surface area contributed by atoms with Crippen LogP contribution in [0.4, 0.5) is 5.69 Å². The van der Waals surface area contributed by atoms with E-state index in [4.69, 9.17) is 18.9 Å². The first-order valence-corrected chi connectivity index (χ1v) is 10.6. The molecule has 3 amide bonds. The Labute approximate surface area is 202 Å². The molecule has 3 aromatic carbocycles. The van der Waals surface area contributed by atoms with Gasteiger partial charge in [0.1, 0.15) is 12.4 Å². The summed E-state index contributed by atoms with van der Waals surface area (Å²) in [6, 6.07) is 16.4. The maximum Gasteiger partial charge on any atom is 0.263 e. The third-order valence-electron chi connectivity index (χ3n) is 5.68. The maximum atomic E-state index is 13.8. The highest BCUT2D eigenvalue weighted by Gasteiger charge is 2.37. The molecule has 1 aliphatic heterocycles. The van der Waals surface area contributed by atoms with E-state index in [2.05, 4.69) is 0 Å². The van der Waals surface area contributed by atoms with Crippen LogP contribution in [0.2, 0.25) is 0 Å². The van der Waals surface area contributed by atoms with E-state index in [0.29, 0.717) is 39.8 Å². The van der Waals surface area contributed by atoms with Gasteiger partial charge >= 0.3 is 0 Å². The van der Waals surface area contributed by atoms with Crippen LogP contribution in [0.1, 0.15) is 31.1 Å². The highest BCUT2D eigenvalue weighted by Crippen LogP contribution is 2.39. The van der Waals surface area contributed by atoms with E-state index in [9.17, 15) is 14.4 Å². The van der Waals surface area contributed by atoms with E-state index in [0.717, 1.165) is 4.90 Å². The van der Waals surface area contributed by atoms with Gasteiger partial charge in [-0.2, -0.15) is 0 Å². The van der Waals surface area contributed by atoms with E-state index in [-0.39, 0.29) is 12.2 Å². The number of hydrogen-bond donors (Lipinski definition) is 0. The van der Waals surface area contributed by atoms with Crippen LogP contribution in [0.15, 0.2) is 60.7 Å². The number of rotatable bonds is 8. The molecule has 0 N–H and O–H groups in total. The number of carbonyl (C=O) groups excluding carboxylic acids is 3. The van der Waals surface area contributed by atoms with E-state index in [1.54, 1.807) is 48.5 Å². The quantitative estimate of drug-likeness (QED) is 0.458. The van der Waals surface area contributed by atoms with Crippen LogP contribution in [-0.4, -0.2) is 57.7 Å². The first-order chi connectivity index (χ1) is 16.9. The molecule has 0 radical (unpaired) electrons. The van der Waals surface area contributed by atoms with Crippen molar-refractivity contribution in [2.75, 3.05) is 40.0 Å². The first kappa shape index (κ1) is 23.6. The molecule has 9 heteroatoms. The SMILES string of the molecule is COc1cccc(N(CN2C(=O)c3ccccc3C2=O)C(=O)c2cc(OC)c(OC)c(OC)c2)c1. The van der Waals surface area contributed by atoms with Crippen molar-refractivity contribution in [1.82, 2.24) is 4.90 Å². The normalized spacial score (nSPS) is 12.3. The molecule has 180 valence electrons. The topological polar surface area (TPSA) is 94.6 Å². The predicted octanol–water partition coefficient (Wildman–Crippen LogP) is 3.62. The molecule has 0 saturated carbocycles. The largest absolute Gasteiger partial charge is 0.497 e. The maximum absolute atomic E-state index is 13.8. The summed E-state index contributed by atoms with van der Waals surface area (Å²) in [6.07, 6.45) is 0. The molecule has 1 aliphatic rings. The van der Waals surface area contributed by atoms with Crippen molar-refractivity contribution in [1.29, 1.82) is 0 Å². The highest BCUT2D eigenvalue weighted by molar-refractivity contribution is 6.22. The minimum atomic E-state index is -0.492. The van der Waals surface area contributed by atoms with Crippen molar-refractivity contribution in [2.45, 2.75) is 0 Å². The smallest absolute Gasteiger partial charge is 0.263 e. The van der Waals surface area contributed by atoms with Crippen LogP contribution in [0.25, 0.3) is 0 Å². The fraction of sp³-hybridized carbons (Fsp3) is 0.192. The molecule has 0 unspecified atom stereocenters. The zero-order valence-corrected chi connectivity index (χ0v) is 19.7. The van der Waals surface area contributed by atoms with Crippen molar-refractivity contribution in [3.8, 4) is 23.0 Å². The zero-order valence-electron chi connectivity index (χ0n) is 19.7. The van der Waals surface area contributed by atoms with Crippen molar-refractivity contribution in [2.24, 2.45) is 0 Å². The number of methoxy groups -OCH3 is 4. The van der Waals surface area contributed by atoms with Crippen LogP contribution in [0, 0.1) is 0 Å². The van der Waals surface area contributed by atoms with Gasteiger partial charge in [-0.3, -0.25) is 24.2 Å². The first-order valence-electron chi connectivity index (χ1n) is 10.6. The number of amides is 3. The van der Waals surface area contributed by atoms with Gasteiger partial charge < -0.3 is 18.9 Å². The third-order valence-corrected chi connectivity index (χ3v) is 5.68. The lowest BCUT2D eigenvalue weighted by molar-refractivity contribution is 0.0650. The molecule has 9 nitrogen and oxygen atoms in total. The summed E-state index contributed by atoms with van der Waals surface area (Å²) in [5.74, 6) is -0.0168. The van der Waals surface area contributed by atoms with Crippen molar-refractivity contribution in [3.05, 3.63) is 77.4 Å². The number of anilines is 1. The highest BCUT2D eigenvalue weighted by atomic mass is 16.5. The molecular formula is C26H24N2O7. The lowest BCUT2D eigenvalue weighted by atomic mass is 10.1. The molecule has 35 heavy (non-hydrogen) atoms. The number of benzene rings is 3. The van der Waals surface area contributed by atoms with Gasteiger partial charge in [0.25, 0.3) is 17.7 Å². The number of nitrogens with zero attached hydrogens (tertiary/aromatic N) is 2. The van der Waals surface area contributed by atoms with Crippen molar-refractivity contribution in [3.63, 3.8) is 0 Å². The van der Waals surface area contributed by atoms with Gasteiger partial charge in [0.2, 0.25) is 5.75 Å². The summed E-state index contributed by atoms with van der Waals surface area (Å²) in [4.78, 5) is 42.3. The van der Waals surface area contributed by atoms with Crippen molar-refractivity contribution >= 4 is 23.4 Å². The van der Waals surface area contributed by atoms with Gasteiger partial charge in [-0.1, -0.05) is 18.2 Å². The van der Waals surface area contributed by atoms with Gasteiger partial charge in [0.15, 0.2) is 11.5 Å². The van der Waals surface area contributed by atoms with Gasteiger partial charge in [-0.25, -0.2) is 0 Å². The Balaban J connectivity index is 1.78. The minimum Gasteiger partial charge on any atom is -0.497 e. The van der Waals surface area contributed by atoms with Crippen LogP contribution in [0.3, 0.4) is 0 Å². The molecular weight excluding hydrogens is 452 g/mol. The van der Waals surface area contributed by atoms with E-state index in [1.807, 2.05) is 0 Å². The summed E-state index contributed by atoms with van der Waals surface area (Å²) in [5.41, 5.74) is 1.23. The van der Waals surface area contributed by atoms with E-state index in [1.165, 1.54) is 45.5 Å². The second-order valence-electron chi connectivity index (χ2n) is 7.57. The number of carbonyl (C=O) groups is 3.